The van der Waals surface area contributed by atoms with Gasteiger partial charge in [-0.2, -0.15) is 0 Å². The van der Waals surface area contributed by atoms with Gasteiger partial charge in [0.15, 0.2) is 12.7 Å². The van der Waals surface area contributed by atoms with Crippen molar-refractivity contribution in [1.29, 1.82) is 0 Å². The third kappa shape index (κ3) is 7.58. The van der Waals surface area contributed by atoms with Crippen LogP contribution in [0.15, 0.2) is 83.8 Å². The fourth-order valence-electron chi connectivity index (χ4n) is 4.10. The molecule has 2 amide bonds. The molecule has 9 nitrogen and oxygen atoms in total. The summed E-state index contributed by atoms with van der Waals surface area (Å²) in [6, 6.07) is 22.8. The number of sulfonamides is 1. The second-order valence-corrected chi connectivity index (χ2v) is 10.9. The maximum absolute atomic E-state index is 13.2. The van der Waals surface area contributed by atoms with Crippen molar-refractivity contribution in [2.24, 2.45) is 0 Å². The lowest BCUT2D eigenvalue weighted by atomic mass is 10.1. The van der Waals surface area contributed by atoms with E-state index < -0.39 is 16.1 Å². The number of fused-ring (bicyclic) bond motifs is 1. The second kappa shape index (κ2) is 13.3. The molecule has 1 aliphatic heterocycles. The first kappa shape index (κ1) is 28.1. The van der Waals surface area contributed by atoms with E-state index in [0.717, 1.165) is 18.4 Å². The van der Waals surface area contributed by atoms with Crippen molar-refractivity contribution in [1.82, 2.24) is 10.0 Å². The zero-order valence-electron chi connectivity index (χ0n) is 21.8. The minimum absolute atomic E-state index is 0.0387. The average molecular weight is 552 g/mol. The van der Waals surface area contributed by atoms with E-state index in [0.29, 0.717) is 36.7 Å². The molecule has 0 spiro atoms. The van der Waals surface area contributed by atoms with E-state index in [1.807, 2.05) is 37.3 Å². The molecule has 0 radical (unpaired) electrons. The zero-order chi connectivity index (χ0) is 27.7. The van der Waals surface area contributed by atoms with E-state index in [-0.39, 0.29) is 29.9 Å². The molecular weight excluding hydrogens is 518 g/mol. The molecule has 4 rings (SSSR count). The van der Waals surface area contributed by atoms with E-state index in [1.54, 1.807) is 24.3 Å². The highest BCUT2D eigenvalue weighted by atomic mass is 32.2. The fourth-order valence-corrected chi connectivity index (χ4v) is 5.17. The minimum atomic E-state index is -3.60. The van der Waals surface area contributed by atoms with Crippen LogP contribution in [0, 0.1) is 0 Å². The van der Waals surface area contributed by atoms with Crippen molar-refractivity contribution in [3.63, 3.8) is 0 Å². The van der Waals surface area contributed by atoms with Crippen LogP contribution in [0.4, 0.5) is 5.69 Å². The first-order valence-corrected chi connectivity index (χ1v) is 14.5. The Hall–Kier alpha value is -3.89. The summed E-state index contributed by atoms with van der Waals surface area (Å²) >= 11 is 0. The molecule has 0 saturated carbocycles. The number of rotatable bonds is 12. The van der Waals surface area contributed by atoms with Crippen molar-refractivity contribution in [3.05, 3.63) is 84.4 Å². The summed E-state index contributed by atoms with van der Waals surface area (Å²) in [5.74, 6) is 0.132. The molecule has 3 aromatic rings. The van der Waals surface area contributed by atoms with Crippen LogP contribution >= 0.6 is 0 Å². The predicted molar refractivity (Wildman–Crippen MR) is 148 cm³/mol. The molecule has 0 bridgehead atoms. The van der Waals surface area contributed by atoms with E-state index in [4.69, 9.17) is 9.47 Å². The highest BCUT2D eigenvalue weighted by Gasteiger charge is 2.33. The molecule has 1 atom stereocenters. The number of carbonyl (C=O) groups is 2. The van der Waals surface area contributed by atoms with Crippen molar-refractivity contribution < 1.29 is 27.5 Å². The number of nitrogens with one attached hydrogen (secondary N) is 2. The van der Waals surface area contributed by atoms with Crippen LogP contribution in [0.5, 0.6) is 11.5 Å². The summed E-state index contributed by atoms with van der Waals surface area (Å²) in [7, 11) is -3.60. The number of para-hydroxylation sites is 2. The third-order valence-corrected chi connectivity index (χ3v) is 7.72. The molecule has 3 aromatic carbocycles. The van der Waals surface area contributed by atoms with Crippen molar-refractivity contribution in [3.8, 4) is 11.5 Å². The van der Waals surface area contributed by atoms with Crippen LogP contribution in [0.3, 0.4) is 0 Å². The largest absolute Gasteiger partial charge is 0.484 e. The van der Waals surface area contributed by atoms with Gasteiger partial charge in [0.2, 0.25) is 10.0 Å². The summed E-state index contributed by atoms with van der Waals surface area (Å²) in [6.07, 6.45) is 1.45. The van der Waals surface area contributed by atoms with Gasteiger partial charge in [-0.05, 0) is 54.8 Å². The highest BCUT2D eigenvalue weighted by molar-refractivity contribution is 7.89. The quantitative estimate of drug-likeness (QED) is 0.334. The molecule has 0 unspecified atom stereocenters. The standard InChI is InChI=1S/C29H33N3O6S/c1-2-3-18-31-39(35,36)24-15-13-23(14-16-24)37-21-28(33)32-20-27(38-26-12-8-7-11-25(26)32)29(34)30-19-17-22-9-5-4-6-10-22/h4-16,27,31H,2-3,17-21H2,1H3,(H,30,34)/t27-/m1/s1. The monoisotopic (exact) mass is 551 g/mol. The maximum Gasteiger partial charge on any atom is 0.265 e. The van der Waals surface area contributed by atoms with Gasteiger partial charge >= 0.3 is 0 Å². The molecule has 0 aliphatic carbocycles. The summed E-state index contributed by atoms with van der Waals surface area (Å²) in [5.41, 5.74) is 1.67. The number of amides is 2. The number of anilines is 1. The Balaban J connectivity index is 1.36. The Morgan fingerprint density at radius 3 is 2.44 bits per heavy atom. The summed E-state index contributed by atoms with van der Waals surface area (Å²) in [4.78, 5) is 27.7. The van der Waals surface area contributed by atoms with Crippen molar-refractivity contribution in [2.45, 2.75) is 37.2 Å². The number of benzene rings is 3. The van der Waals surface area contributed by atoms with Gasteiger partial charge in [-0.3, -0.25) is 9.59 Å². The molecule has 2 N–H and O–H groups in total. The van der Waals surface area contributed by atoms with Gasteiger partial charge in [-0.15, -0.1) is 0 Å². The first-order chi connectivity index (χ1) is 18.9. The number of unbranched alkanes of at least 4 members (excludes halogenated alkanes) is 1. The highest BCUT2D eigenvalue weighted by Crippen LogP contribution is 2.33. The Morgan fingerprint density at radius 2 is 1.69 bits per heavy atom. The molecule has 0 saturated heterocycles. The van der Waals surface area contributed by atoms with E-state index >= 15 is 0 Å². The lowest BCUT2D eigenvalue weighted by Gasteiger charge is -2.34. The topological polar surface area (TPSA) is 114 Å². The van der Waals surface area contributed by atoms with E-state index in [1.165, 1.54) is 29.2 Å². The van der Waals surface area contributed by atoms with E-state index in [9.17, 15) is 18.0 Å². The first-order valence-electron chi connectivity index (χ1n) is 13.0. The van der Waals surface area contributed by atoms with Gasteiger partial charge in [0, 0.05) is 13.1 Å². The molecule has 0 aromatic heterocycles. The van der Waals surface area contributed by atoms with Gasteiger partial charge in [0.1, 0.15) is 11.5 Å². The van der Waals surface area contributed by atoms with E-state index in [2.05, 4.69) is 10.0 Å². The summed E-state index contributed by atoms with van der Waals surface area (Å²) in [5, 5.41) is 2.89. The van der Waals surface area contributed by atoms with Gasteiger partial charge < -0.3 is 19.7 Å². The second-order valence-electron chi connectivity index (χ2n) is 9.12. The number of carbonyl (C=O) groups excluding carboxylic acids is 2. The zero-order valence-corrected chi connectivity index (χ0v) is 22.7. The Kier molecular flexibility index (Phi) is 9.56. The van der Waals surface area contributed by atoms with Crippen LogP contribution in [0.1, 0.15) is 25.3 Å². The third-order valence-electron chi connectivity index (χ3n) is 6.24. The van der Waals surface area contributed by atoms with Crippen LogP contribution < -0.4 is 24.4 Å². The minimum Gasteiger partial charge on any atom is -0.484 e. The molecular formula is C29H33N3O6S. The molecule has 10 heteroatoms. The summed E-state index contributed by atoms with van der Waals surface area (Å²) < 4.78 is 38.9. The lowest BCUT2D eigenvalue weighted by Crippen LogP contribution is -2.52. The molecule has 206 valence electrons. The van der Waals surface area contributed by atoms with Crippen molar-refractivity contribution >= 4 is 27.5 Å². The Morgan fingerprint density at radius 1 is 0.974 bits per heavy atom. The van der Waals surface area contributed by atoms with Gasteiger partial charge in [0.05, 0.1) is 17.1 Å². The van der Waals surface area contributed by atoms with Crippen LogP contribution in [-0.2, 0) is 26.0 Å². The number of nitrogens with zero attached hydrogens (tertiary/aromatic N) is 1. The SMILES string of the molecule is CCCCNS(=O)(=O)c1ccc(OCC(=O)N2C[C@H](C(=O)NCCc3ccccc3)Oc3ccccc32)cc1. The van der Waals surface area contributed by atoms with Crippen LogP contribution in [0.25, 0.3) is 0 Å². The Bertz CT molecular complexity index is 1360. The van der Waals surface area contributed by atoms with Crippen LogP contribution in [0.2, 0.25) is 0 Å². The number of ether oxygens (including phenoxy) is 2. The average Bonchev–Trinajstić information content (AvgIpc) is 2.96. The molecule has 1 aliphatic rings. The lowest BCUT2D eigenvalue weighted by molar-refractivity contribution is -0.128. The molecule has 1 heterocycles. The van der Waals surface area contributed by atoms with Gasteiger partial charge in [-0.25, -0.2) is 13.1 Å². The predicted octanol–water partition coefficient (Wildman–Crippen LogP) is 3.30. The van der Waals surface area contributed by atoms with Crippen molar-refractivity contribution in [2.75, 3.05) is 31.1 Å². The van der Waals surface area contributed by atoms with Crippen LogP contribution in [-0.4, -0.2) is 52.6 Å². The maximum atomic E-state index is 13.2. The number of hydrogen-bond donors (Lipinski definition) is 2. The normalized spacial score (nSPS) is 14.7. The summed E-state index contributed by atoms with van der Waals surface area (Å²) in [6.45, 7) is 2.55. The smallest absolute Gasteiger partial charge is 0.265 e. The van der Waals surface area contributed by atoms with Gasteiger partial charge in [-0.1, -0.05) is 55.8 Å². The fraction of sp³-hybridized carbons (Fsp3) is 0.310. The number of hydrogen-bond acceptors (Lipinski definition) is 6. The molecule has 39 heavy (non-hydrogen) atoms. The molecule has 0 fully saturated rings. The van der Waals surface area contributed by atoms with Gasteiger partial charge in [0.25, 0.3) is 11.8 Å². The Labute approximate surface area is 229 Å².